The van der Waals surface area contributed by atoms with E-state index in [-0.39, 0.29) is 6.61 Å². The quantitative estimate of drug-likeness (QED) is 0.788. The van der Waals surface area contributed by atoms with Gasteiger partial charge in [0.2, 0.25) is 5.91 Å². The van der Waals surface area contributed by atoms with Crippen molar-refractivity contribution in [1.82, 2.24) is 5.32 Å². The molecule has 0 saturated carbocycles. The Labute approximate surface area is 98.4 Å². The molecule has 0 saturated heterocycles. The summed E-state index contributed by atoms with van der Waals surface area (Å²) in [7, 11) is 0. The molecule has 1 heterocycles. The van der Waals surface area contributed by atoms with E-state index in [1.54, 1.807) is 18.2 Å². The molecule has 1 aliphatic rings. The molecule has 1 aliphatic heterocycles. The van der Waals surface area contributed by atoms with Gasteiger partial charge in [0.1, 0.15) is 0 Å². The van der Waals surface area contributed by atoms with E-state index >= 15 is 0 Å². The van der Waals surface area contributed by atoms with Crippen LogP contribution in [0.25, 0.3) is 0 Å². The zero-order valence-electron chi connectivity index (χ0n) is 9.40. The second-order valence-electron chi connectivity index (χ2n) is 4.04. The first kappa shape index (κ1) is 11.6. The van der Waals surface area contributed by atoms with Gasteiger partial charge in [0.15, 0.2) is 5.54 Å². The van der Waals surface area contributed by atoms with Gasteiger partial charge in [-0.3, -0.25) is 4.79 Å². The molecule has 0 radical (unpaired) electrons. The SMILES string of the molecule is CC(=O)NC1(C(=O)O)COCc2ccccc21. The molecule has 0 fully saturated rings. The van der Waals surface area contributed by atoms with Crippen LogP contribution in [0.2, 0.25) is 0 Å². The predicted octanol–water partition coefficient (Wildman–Crippen LogP) is 0.633. The first-order chi connectivity index (χ1) is 8.06. The number of nitrogens with one attached hydrogen (secondary N) is 1. The highest BCUT2D eigenvalue weighted by Gasteiger charge is 2.45. The van der Waals surface area contributed by atoms with Gasteiger partial charge in [-0.05, 0) is 11.1 Å². The van der Waals surface area contributed by atoms with E-state index in [9.17, 15) is 14.7 Å². The number of aliphatic carboxylic acids is 1. The zero-order chi connectivity index (χ0) is 12.5. The Morgan fingerprint density at radius 2 is 2.12 bits per heavy atom. The van der Waals surface area contributed by atoms with Crippen LogP contribution in [0.3, 0.4) is 0 Å². The highest BCUT2D eigenvalue weighted by atomic mass is 16.5. The average molecular weight is 235 g/mol. The van der Waals surface area contributed by atoms with E-state index in [0.717, 1.165) is 5.56 Å². The van der Waals surface area contributed by atoms with Gasteiger partial charge in [-0.15, -0.1) is 0 Å². The summed E-state index contributed by atoms with van der Waals surface area (Å²) in [5, 5.41) is 11.9. The van der Waals surface area contributed by atoms with E-state index in [1.165, 1.54) is 6.92 Å². The minimum Gasteiger partial charge on any atom is -0.479 e. The minimum atomic E-state index is -1.47. The summed E-state index contributed by atoms with van der Waals surface area (Å²) in [5.74, 6) is -1.51. The van der Waals surface area contributed by atoms with Crippen LogP contribution in [0.4, 0.5) is 0 Å². The molecule has 1 unspecified atom stereocenters. The third-order valence-corrected chi connectivity index (χ3v) is 2.81. The van der Waals surface area contributed by atoms with Gasteiger partial charge in [-0.2, -0.15) is 0 Å². The van der Waals surface area contributed by atoms with Crippen molar-refractivity contribution in [2.75, 3.05) is 6.61 Å². The van der Waals surface area contributed by atoms with E-state index in [4.69, 9.17) is 4.74 Å². The maximum absolute atomic E-state index is 11.5. The monoisotopic (exact) mass is 235 g/mol. The fourth-order valence-corrected chi connectivity index (χ4v) is 2.09. The number of rotatable bonds is 2. The van der Waals surface area contributed by atoms with Crippen molar-refractivity contribution in [2.45, 2.75) is 19.1 Å². The molecule has 0 aliphatic carbocycles. The van der Waals surface area contributed by atoms with Crippen LogP contribution in [0.1, 0.15) is 18.1 Å². The lowest BCUT2D eigenvalue weighted by Crippen LogP contribution is -2.56. The van der Waals surface area contributed by atoms with Crippen LogP contribution in [-0.4, -0.2) is 23.6 Å². The number of ether oxygens (including phenoxy) is 1. The molecule has 2 N–H and O–H groups in total. The second kappa shape index (κ2) is 4.18. The molecule has 90 valence electrons. The second-order valence-corrected chi connectivity index (χ2v) is 4.04. The minimum absolute atomic E-state index is 0.0566. The van der Waals surface area contributed by atoms with Crippen molar-refractivity contribution < 1.29 is 19.4 Å². The Morgan fingerprint density at radius 1 is 1.41 bits per heavy atom. The van der Waals surface area contributed by atoms with Crippen molar-refractivity contribution in [1.29, 1.82) is 0 Å². The molecule has 1 atom stereocenters. The van der Waals surface area contributed by atoms with E-state index < -0.39 is 17.4 Å². The zero-order valence-corrected chi connectivity index (χ0v) is 9.40. The molecule has 0 aromatic heterocycles. The van der Waals surface area contributed by atoms with Crippen LogP contribution in [0.5, 0.6) is 0 Å². The third-order valence-electron chi connectivity index (χ3n) is 2.81. The fourth-order valence-electron chi connectivity index (χ4n) is 2.09. The molecular weight excluding hydrogens is 222 g/mol. The predicted molar refractivity (Wildman–Crippen MR) is 59.2 cm³/mol. The molecule has 1 aromatic carbocycles. The van der Waals surface area contributed by atoms with E-state index in [1.807, 2.05) is 6.07 Å². The number of carboxylic acid groups (broad SMARTS) is 1. The van der Waals surface area contributed by atoms with Gasteiger partial charge >= 0.3 is 5.97 Å². The Hall–Kier alpha value is -1.88. The molecular formula is C12H13NO4. The van der Waals surface area contributed by atoms with E-state index in [0.29, 0.717) is 12.2 Å². The lowest BCUT2D eigenvalue weighted by atomic mass is 9.85. The van der Waals surface area contributed by atoms with Crippen molar-refractivity contribution in [3.63, 3.8) is 0 Å². The number of hydrogen-bond donors (Lipinski definition) is 2. The Morgan fingerprint density at radius 3 is 2.76 bits per heavy atom. The number of amides is 1. The molecule has 1 aromatic rings. The fraction of sp³-hybridized carbons (Fsp3) is 0.333. The van der Waals surface area contributed by atoms with Crippen LogP contribution in [0, 0.1) is 0 Å². The maximum Gasteiger partial charge on any atom is 0.336 e. The van der Waals surface area contributed by atoms with Gasteiger partial charge in [-0.1, -0.05) is 24.3 Å². The topological polar surface area (TPSA) is 75.6 Å². The molecule has 0 spiro atoms. The Bertz CT molecular complexity index is 471. The number of fused-ring (bicyclic) bond motifs is 1. The van der Waals surface area contributed by atoms with Crippen LogP contribution in [-0.2, 0) is 26.5 Å². The average Bonchev–Trinajstić information content (AvgIpc) is 2.28. The normalized spacial score (nSPS) is 22.6. The lowest BCUT2D eigenvalue weighted by molar-refractivity contribution is -0.152. The highest BCUT2D eigenvalue weighted by Crippen LogP contribution is 2.30. The maximum atomic E-state index is 11.5. The smallest absolute Gasteiger partial charge is 0.336 e. The van der Waals surface area contributed by atoms with Gasteiger partial charge in [0.05, 0.1) is 13.2 Å². The van der Waals surface area contributed by atoms with E-state index in [2.05, 4.69) is 5.32 Å². The largest absolute Gasteiger partial charge is 0.479 e. The summed E-state index contributed by atoms with van der Waals surface area (Å²) >= 11 is 0. The van der Waals surface area contributed by atoms with Crippen LogP contribution in [0.15, 0.2) is 24.3 Å². The number of carbonyl (C=O) groups is 2. The number of carbonyl (C=O) groups excluding carboxylic acids is 1. The Kier molecular flexibility index (Phi) is 2.85. The highest BCUT2D eigenvalue weighted by molar-refractivity contribution is 5.88. The molecule has 2 rings (SSSR count). The summed E-state index contributed by atoms with van der Waals surface area (Å²) in [6, 6.07) is 7.08. The molecule has 17 heavy (non-hydrogen) atoms. The van der Waals surface area contributed by atoms with Crippen molar-refractivity contribution in [3.8, 4) is 0 Å². The number of benzene rings is 1. The molecule has 0 bridgehead atoms. The number of carboxylic acids is 1. The van der Waals surface area contributed by atoms with Gasteiger partial charge in [0, 0.05) is 6.92 Å². The summed E-state index contributed by atoms with van der Waals surface area (Å²) < 4.78 is 5.28. The Balaban J connectivity index is 2.55. The van der Waals surface area contributed by atoms with Gasteiger partial charge in [-0.25, -0.2) is 4.79 Å². The van der Waals surface area contributed by atoms with Gasteiger partial charge in [0.25, 0.3) is 0 Å². The summed E-state index contributed by atoms with van der Waals surface area (Å²) in [6.45, 7) is 1.60. The summed E-state index contributed by atoms with van der Waals surface area (Å²) in [5.41, 5.74) is -0.0930. The molecule has 5 heteroatoms. The lowest BCUT2D eigenvalue weighted by Gasteiger charge is -2.35. The van der Waals surface area contributed by atoms with Crippen LogP contribution < -0.4 is 5.32 Å². The van der Waals surface area contributed by atoms with Gasteiger partial charge < -0.3 is 15.2 Å². The van der Waals surface area contributed by atoms with Crippen LogP contribution >= 0.6 is 0 Å². The summed E-state index contributed by atoms with van der Waals surface area (Å²) in [6.07, 6.45) is 0. The summed E-state index contributed by atoms with van der Waals surface area (Å²) in [4.78, 5) is 22.7. The first-order valence-electron chi connectivity index (χ1n) is 5.24. The first-order valence-corrected chi connectivity index (χ1v) is 5.24. The molecule has 1 amide bonds. The number of hydrogen-bond acceptors (Lipinski definition) is 3. The van der Waals surface area contributed by atoms with Crippen molar-refractivity contribution >= 4 is 11.9 Å². The molecule has 5 nitrogen and oxygen atoms in total. The third kappa shape index (κ3) is 1.89. The van der Waals surface area contributed by atoms with Crippen molar-refractivity contribution in [3.05, 3.63) is 35.4 Å². The standard InChI is InChI=1S/C12H13NO4/c1-8(14)13-12(11(15)16)7-17-6-9-4-2-3-5-10(9)12/h2-5H,6-7H2,1H3,(H,13,14)(H,15,16). The van der Waals surface area contributed by atoms with Crippen molar-refractivity contribution in [2.24, 2.45) is 0 Å².